The molecule has 9 nitrogen and oxygen atoms in total. The number of nitrogens with one attached hydrogen (secondary N) is 1. The van der Waals surface area contributed by atoms with E-state index in [4.69, 9.17) is 4.74 Å². The Balaban J connectivity index is 1.29. The van der Waals surface area contributed by atoms with Crippen molar-refractivity contribution in [3.05, 3.63) is 48.5 Å². The molecule has 2 saturated heterocycles. The highest BCUT2D eigenvalue weighted by Gasteiger charge is 2.43. The van der Waals surface area contributed by atoms with Crippen LogP contribution in [0.25, 0.3) is 11.0 Å². The molecule has 1 N–H and O–H groups in total. The summed E-state index contributed by atoms with van der Waals surface area (Å²) in [5, 5.41) is 2.78. The average molecular weight is 502 g/mol. The molecular formula is C23H27N5O4S2. The molecule has 34 heavy (non-hydrogen) atoms. The number of benzene rings is 2. The van der Waals surface area contributed by atoms with Crippen LogP contribution in [0, 0.1) is 0 Å². The number of rotatable bonds is 6. The number of fused-ring (bicyclic) bond motifs is 1. The summed E-state index contributed by atoms with van der Waals surface area (Å²) in [5.41, 5.74) is 1.02. The molecule has 2 atom stereocenters. The van der Waals surface area contributed by atoms with Crippen molar-refractivity contribution >= 4 is 38.7 Å². The average Bonchev–Trinajstić information content (AvgIpc) is 3.51. The van der Waals surface area contributed by atoms with Gasteiger partial charge < -0.3 is 10.1 Å². The third-order valence-corrected chi connectivity index (χ3v) is 9.13. The van der Waals surface area contributed by atoms with E-state index >= 15 is 0 Å². The maximum atomic E-state index is 13.4. The van der Waals surface area contributed by atoms with Gasteiger partial charge >= 0.3 is 0 Å². The molecule has 5 rings (SSSR count). The fourth-order valence-electron chi connectivity index (χ4n) is 4.97. The van der Waals surface area contributed by atoms with Gasteiger partial charge in [-0.3, -0.25) is 9.69 Å². The first-order chi connectivity index (χ1) is 16.5. The SMILES string of the molecule is CNC(=O)[C@@H]1C[C@H](Oc2ccccc2)CN1C1CCN(S(=O)(=O)c2cccc3nsnc23)CC1. The maximum Gasteiger partial charge on any atom is 0.245 e. The van der Waals surface area contributed by atoms with Gasteiger partial charge in [0.15, 0.2) is 0 Å². The smallest absolute Gasteiger partial charge is 0.245 e. The second kappa shape index (κ2) is 9.57. The lowest BCUT2D eigenvalue weighted by Gasteiger charge is -2.38. The second-order valence-electron chi connectivity index (χ2n) is 8.64. The molecule has 0 saturated carbocycles. The van der Waals surface area contributed by atoms with Crippen LogP contribution in [0.5, 0.6) is 5.75 Å². The standard InChI is InChI=1S/C23H27N5O4S2/c1-24-23(29)20-14-18(32-17-6-3-2-4-7-17)15-28(20)16-10-12-27(13-11-16)34(30,31)21-9-5-8-19-22(21)26-33-25-19/h2-9,16,18,20H,10-15H2,1H3,(H,24,29)/t18-,20-/m0/s1. The van der Waals surface area contributed by atoms with Gasteiger partial charge in [-0.15, -0.1) is 0 Å². The highest BCUT2D eigenvalue weighted by atomic mass is 32.2. The van der Waals surface area contributed by atoms with Crippen molar-refractivity contribution in [2.45, 2.75) is 42.3 Å². The molecule has 1 aromatic heterocycles. The summed E-state index contributed by atoms with van der Waals surface area (Å²) in [4.78, 5) is 15.0. The monoisotopic (exact) mass is 501 g/mol. The van der Waals surface area contributed by atoms with Gasteiger partial charge in [-0.1, -0.05) is 24.3 Å². The van der Waals surface area contributed by atoms with Crippen molar-refractivity contribution in [2.24, 2.45) is 0 Å². The third-order valence-electron chi connectivity index (χ3n) is 6.66. The van der Waals surface area contributed by atoms with Gasteiger partial charge in [0, 0.05) is 39.1 Å². The number of hydrogen-bond acceptors (Lipinski definition) is 8. The number of hydrogen-bond donors (Lipinski definition) is 1. The minimum Gasteiger partial charge on any atom is -0.489 e. The van der Waals surface area contributed by atoms with Crippen LogP contribution in [-0.2, 0) is 14.8 Å². The van der Waals surface area contributed by atoms with Crippen molar-refractivity contribution in [2.75, 3.05) is 26.7 Å². The Bertz CT molecular complexity index is 1260. The Labute approximate surface area is 203 Å². The molecule has 0 aliphatic carbocycles. The van der Waals surface area contributed by atoms with E-state index in [0.717, 1.165) is 17.5 Å². The lowest BCUT2D eigenvalue weighted by molar-refractivity contribution is -0.126. The van der Waals surface area contributed by atoms with Gasteiger partial charge in [0.1, 0.15) is 27.8 Å². The molecule has 0 bridgehead atoms. The number of ether oxygens (including phenoxy) is 1. The van der Waals surface area contributed by atoms with Crippen molar-refractivity contribution in [1.82, 2.24) is 23.3 Å². The molecule has 0 unspecified atom stereocenters. The fraction of sp³-hybridized carbons (Fsp3) is 0.435. The molecule has 3 heterocycles. The van der Waals surface area contributed by atoms with Crippen LogP contribution >= 0.6 is 11.7 Å². The Kier molecular flexibility index (Phi) is 6.52. The summed E-state index contributed by atoms with van der Waals surface area (Å²) in [6.07, 6.45) is 1.80. The summed E-state index contributed by atoms with van der Waals surface area (Å²) < 4.78 is 42.8. The summed E-state index contributed by atoms with van der Waals surface area (Å²) in [5.74, 6) is 0.758. The zero-order chi connectivity index (χ0) is 23.7. The number of nitrogens with zero attached hydrogens (tertiary/aromatic N) is 4. The number of likely N-dealkylation sites (N-methyl/N-ethyl adjacent to an activating group) is 1. The van der Waals surface area contributed by atoms with Crippen LogP contribution in [0.4, 0.5) is 0 Å². The highest BCUT2D eigenvalue weighted by molar-refractivity contribution is 7.89. The van der Waals surface area contributed by atoms with Gasteiger partial charge in [0.25, 0.3) is 0 Å². The van der Waals surface area contributed by atoms with Gasteiger partial charge in [-0.2, -0.15) is 13.1 Å². The first kappa shape index (κ1) is 23.2. The van der Waals surface area contributed by atoms with E-state index in [1.165, 1.54) is 4.31 Å². The molecular weight excluding hydrogens is 474 g/mol. The normalized spacial score (nSPS) is 22.7. The van der Waals surface area contributed by atoms with Crippen LogP contribution in [0.3, 0.4) is 0 Å². The van der Waals surface area contributed by atoms with E-state index in [0.29, 0.717) is 49.9 Å². The Morgan fingerprint density at radius 1 is 1.09 bits per heavy atom. The number of para-hydroxylation sites is 1. The first-order valence-electron chi connectivity index (χ1n) is 11.4. The first-order valence-corrected chi connectivity index (χ1v) is 13.5. The summed E-state index contributed by atoms with van der Waals surface area (Å²) >= 11 is 1.01. The molecule has 0 radical (unpaired) electrons. The van der Waals surface area contributed by atoms with Gasteiger partial charge in [-0.25, -0.2) is 8.42 Å². The zero-order valence-electron chi connectivity index (χ0n) is 18.8. The van der Waals surface area contributed by atoms with Crippen molar-refractivity contribution in [1.29, 1.82) is 0 Å². The summed E-state index contributed by atoms with van der Waals surface area (Å²) in [6, 6.07) is 14.5. The van der Waals surface area contributed by atoms with Gasteiger partial charge in [-0.05, 0) is 37.1 Å². The minimum absolute atomic E-state index is 0.0306. The summed E-state index contributed by atoms with van der Waals surface area (Å²) in [7, 11) is -2.03. The second-order valence-corrected chi connectivity index (χ2v) is 11.1. The number of piperidine rings is 1. The lowest BCUT2D eigenvalue weighted by Crippen LogP contribution is -2.51. The fourth-order valence-corrected chi connectivity index (χ4v) is 7.19. The van der Waals surface area contributed by atoms with Crippen molar-refractivity contribution in [3.8, 4) is 5.75 Å². The number of sulfonamides is 1. The molecule has 2 aromatic carbocycles. The Morgan fingerprint density at radius 2 is 1.85 bits per heavy atom. The molecule has 2 aliphatic rings. The lowest BCUT2D eigenvalue weighted by atomic mass is 10.0. The number of amides is 1. The van der Waals surface area contributed by atoms with E-state index in [9.17, 15) is 13.2 Å². The van der Waals surface area contributed by atoms with Gasteiger partial charge in [0.05, 0.1) is 17.8 Å². The van der Waals surface area contributed by atoms with Crippen LogP contribution in [0.1, 0.15) is 19.3 Å². The van der Waals surface area contributed by atoms with E-state index in [1.807, 2.05) is 30.3 Å². The Hall–Kier alpha value is -2.60. The molecule has 2 aliphatic heterocycles. The molecule has 2 fully saturated rings. The number of carbonyl (C=O) groups is 1. The van der Waals surface area contributed by atoms with E-state index < -0.39 is 10.0 Å². The third kappa shape index (κ3) is 4.40. The largest absolute Gasteiger partial charge is 0.489 e. The number of likely N-dealkylation sites (tertiary alicyclic amines) is 1. The van der Waals surface area contributed by atoms with Crippen LogP contribution in [0.2, 0.25) is 0 Å². The van der Waals surface area contributed by atoms with Gasteiger partial charge in [0.2, 0.25) is 15.9 Å². The van der Waals surface area contributed by atoms with Crippen LogP contribution in [-0.4, -0.2) is 77.1 Å². The Morgan fingerprint density at radius 3 is 2.59 bits per heavy atom. The molecule has 3 aromatic rings. The number of carbonyl (C=O) groups excluding carboxylic acids is 1. The van der Waals surface area contributed by atoms with E-state index in [-0.39, 0.29) is 29.0 Å². The highest BCUT2D eigenvalue weighted by Crippen LogP contribution is 2.31. The van der Waals surface area contributed by atoms with Crippen molar-refractivity contribution < 1.29 is 17.9 Å². The molecule has 0 spiro atoms. The predicted molar refractivity (Wildman–Crippen MR) is 129 cm³/mol. The molecule has 1 amide bonds. The van der Waals surface area contributed by atoms with Crippen LogP contribution < -0.4 is 10.1 Å². The number of aromatic nitrogens is 2. The molecule has 180 valence electrons. The topological polar surface area (TPSA) is 105 Å². The quantitative estimate of drug-likeness (QED) is 0.552. The zero-order valence-corrected chi connectivity index (χ0v) is 20.5. The minimum atomic E-state index is -3.68. The van der Waals surface area contributed by atoms with Crippen molar-refractivity contribution in [3.63, 3.8) is 0 Å². The summed E-state index contributed by atoms with van der Waals surface area (Å²) in [6.45, 7) is 1.42. The maximum absolute atomic E-state index is 13.4. The van der Waals surface area contributed by atoms with E-state index in [2.05, 4.69) is 19.0 Å². The molecule has 11 heteroatoms. The van der Waals surface area contributed by atoms with E-state index in [1.54, 1.807) is 25.2 Å². The predicted octanol–water partition coefficient (Wildman–Crippen LogP) is 2.11. The van der Waals surface area contributed by atoms with Crippen LogP contribution in [0.15, 0.2) is 53.4 Å².